The zero-order chi connectivity index (χ0) is 15.7. The first-order chi connectivity index (χ1) is 8.93. The van der Waals surface area contributed by atoms with E-state index in [0.717, 1.165) is 0 Å². The molecule has 0 amide bonds. The second-order valence-electron chi connectivity index (χ2n) is 3.62. The van der Waals surface area contributed by atoms with E-state index >= 15 is 0 Å². The third kappa shape index (κ3) is 3.65. The van der Waals surface area contributed by atoms with Gasteiger partial charge in [0.05, 0.1) is 11.1 Å². The van der Waals surface area contributed by atoms with Crippen LogP contribution in [0, 0.1) is 0 Å². The fraction of sp³-hybridized carbons (Fsp3) is 0.182. The number of aliphatic carboxylic acids is 1. The Labute approximate surface area is 107 Å². The summed E-state index contributed by atoms with van der Waals surface area (Å²) in [4.78, 5) is 10.3. The quantitative estimate of drug-likeness (QED) is 0.649. The molecule has 0 saturated carbocycles. The zero-order valence-corrected chi connectivity index (χ0v) is 9.38. The lowest BCUT2D eigenvalue weighted by Gasteiger charge is -2.17. The smallest absolute Gasteiger partial charge is 0.417 e. The summed E-state index contributed by atoms with van der Waals surface area (Å²) in [7, 11) is 0. The normalized spacial score (nSPS) is 12.9. The largest absolute Gasteiger partial charge is 0.508 e. The van der Waals surface area contributed by atoms with Gasteiger partial charge in [-0.1, -0.05) is 0 Å². The minimum atomic E-state index is -5.18. The van der Waals surface area contributed by atoms with Gasteiger partial charge in [0.15, 0.2) is 0 Å². The topological polar surface area (TPSA) is 57.5 Å². The molecule has 3 nitrogen and oxygen atoms in total. The summed E-state index contributed by atoms with van der Waals surface area (Å²) in [5.74, 6) is -2.93. The molecule has 0 aliphatic carbocycles. The van der Waals surface area contributed by atoms with E-state index < -0.39 is 40.8 Å². The molecule has 0 radical (unpaired) electrons. The number of phenolic OH excluding ortho intramolecular Hbond substituents is 1. The molecule has 9 heteroatoms. The van der Waals surface area contributed by atoms with E-state index in [1.165, 1.54) is 0 Å². The summed E-state index contributed by atoms with van der Waals surface area (Å²) in [6.45, 7) is 0. The lowest BCUT2D eigenvalue weighted by Crippen LogP contribution is -2.14. The average Bonchev–Trinajstić information content (AvgIpc) is 2.23. The van der Waals surface area contributed by atoms with Crippen LogP contribution in [0.4, 0.5) is 26.3 Å². The highest BCUT2D eigenvalue weighted by atomic mass is 19.4. The van der Waals surface area contributed by atoms with Gasteiger partial charge in [0.2, 0.25) is 0 Å². The van der Waals surface area contributed by atoms with Crippen molar-refractivity contribution in [2.45, 2.75) is 12.4 Å². The molecule has 0 aromatic heterocycles. The highest BCUT2D eigenvalue weighted by Gasteiger charge is 2.40. The van der Waals surface area contributed by atoms with Crippen molar-refractivity contribution >= 4 is 12.0 Å². The highest BCUT2D eigenvalue weighted by molar-refractivity contribution is 5.86. The van der Waals surface area contributed by atoms with E-state index in [4.69, 9.17) is 10.2 Å². The van der Waals surface area contributed by atoms with Crippen LogP contribution in [0.1, 0.15) is 16.7 Å². The van der Waals surface area contributed by atoms with Gasteiger partial charge in [0.1, 0.15) is 5.75 Å². The first-order valence-electron chi connectivity index (χ1n) is 4.85. The van der Waals surface area contributed by atoms with E-state index in [1.54, 1.807) is 0 Å². The molecule has 2 N–H and O–H groups in total. The molecule has 0 heterocycles. The Morgan fingerprint density at radius 2 is 1.40 bits per heavy atom. The monoisotopic (exact) mass is 300 g/mol. The minimum absolute atomic E-state index is 0.0940. The molecule has 0 spiro atoms. The van der Waals surface area contributed by atoms with E-state index in [2.05, 4.69) is 0 Å². The standard InChI is InChI=1S/C11H6F6O3/c12-10(13,14)7-3-5(18)4-8(11(15,16)17)6(7)1-2-9(19)20/h1-4,18H,(H,19,20)/b2-1+. The van der Waals surface area contributed by atoms with Crippen molar-refractivity contribution in [3.05, 3.63) is 34.9 Å². The van der Waals surface area contributed by atoms with Gasteiger partial charge in [-0.05, 0) is 23.8 Å². The Balaban J connectivity index is 3.67. The number of hydrogen-bond donors (Lipinski definition) is 2. The number of carboxylic acids is 1. The second-order valence-corrected chi connectivity index (χ2v) is 3.62. The Morgan fingerprint density at radius 3 is 1.70 bits per heavy atom. The van der Waals surface area contributed by atoms with Crippen molar-refractivity contribution in [2.24, 2.45) is 0 Å². The molecule has 0 atom stereocenters. The van der Waals surface area contributed by atoms with Gasteiger partial charge in [-0.2, -0.15) is 26.3 Å². The Hall–Kier alpha value is -2.19. The molecule has 0 aliphatic rings. The summed E-state index contributed by atoms with van der Waals surface area (Å²) in [6.07, 6.45) is -10.0. The Kier molecular flexibility index (Phi) is 4.02. The summed E-state index contributed by atoms with van der Waals surface area (Å²) in [5.41, 5.74) is -4.92. The first kappa shape index (κ1) is 15.9. The average molecular weight is 300 g/mol. The maximum absolute atomic E-state index is 12.7. The van der Waals surface area contributed by atoms with E-state index in [0.29, 0.717) is 0 Å². The third-order valence-electron chi connectivity index (χ3n) is 2.17. The number of hydrogen-bond acceptors (Lipinski definition) is 2. The summed E-state index contributed by atoms with van der Waals surface area (Å²) in [5, 5.41) is 17.3. The summed E-state index contributed by atoms with van der Waals surface area (Å²) < 4.78 is 76.0. The third-order valence-corrected chi connectivity index (χ3v) is 2.17. The lowest BCUT2D eigenvalue weighted by molar-refractivity contribution is -0.143. The Bertz CT molecular complexity index is 521. The molecule has 0 unspecified atom stereocenters. The van der Waals surface area contributed by atoms with Crippen molar-refractivity contribution in [2.75, 3.05) is 0 Å². The van der Waals surface area contributed by atoms with Crippen LogP contribution in [0.2, 0.25) is 0 Å². The van der Waals surface area contributed by atoms with E-state index in [9.17, 15) is 31.1 Å². The fourth-order valence-electron chi connectivity index (χ4n) is 1.44. The van der Waals surface area contributed by atoms with Crippen LogP contribution in [-0.2, 0) is 17.1 Å². The van der Waals surface area contributed by atoms with Gasteiger partial charge in [-0.3, -0.25) is 0 Å². The van der Waals surface area contributed by atoms with Crippen molar-refractivity contribution < 1.29 is 41.4 Å². The van der Waals surface area contributed by atoms with Gasteiger partial charge in [-0.15, -0.1) is 0 Å². The van der Waals surface area contributed by atoms with Gasteiger partial charge in [0.25, 0.3) is 0 Å². The van der Waals surface area contributed by atoms with Crippen molar-refractivity contribution in [1.82, 2.24) is 0 Å². The molecule has 0 fully saturated rings. The highest BCUT2D eigenvalue weighted by Crippen LogP contribution is 2.42. The summed E-state index contributed by atoms with van der Waals surface area (Å²) >= 11 is 0. The minimum Gasteiger partial charge on any atom is -0.508 e. The molecule has 20 heavy (non-hydrogen) atoms. The number of rotatable bonds is 2. The molecular weight excluding hydrogens is 294 g/mol. The van der Waals surface area contributed by atoms with Crippen LogP contribution < -0.4 is 0 Å². The number of carbonyl (C=O) groups is 1. The first-order valence-corrected chi connectivity index (χ1v) is 4.85. The zero-order valence-electron chi connectivity index (χ0n) is 9.38. The maximum Gasteiger partial charge on any atom is 0.417 e. The van der Waals surface area contributed by atoms with E-state index in [1.807, 2.05) is 0 Å². The Morgan fingerprint density at radius 1 is 1.00 bits per heavy atom. The van der Waals surface area contributed by atoms with Gasteiger partial charge in [0, 0.05) is 6.08 Å². The van der Waals surface area contributed by atoms with Gasteiger partial charge < -0.3 is 10.2 Å². The predicted molar refractivity (Wildman–Crippen MR) is 54.8 cm³/mol. The maximum atomic E-state index is 12.7. The summed E-state index contributed by atoms with van der Waals surface area (Å²) in [6, 6.07) is 0.188. The van der Waals surface area contributed by atoms with Gasteiger partial charge in [-0.25, -0.2) is 4.79 Å². The van der Waals surface area contributed by atoms with Crippen LogP contribution in [0.25, 0.3) is 6.08 Å². The number of halogens is 6. The molecular formula is C11H6F6O3. The van der Waals surface area contributed by atoms with Crippen LogP contribution >= 0.6 is 0 Å². The number of carboxylic acid groups (broad SMARTS) is 1. The van der Waals surface area contributed by atoms with Gasteiger partial charge >= 0.3 is 18.3 Å². The number of aromatic hydroxyl groups is 1. The number of benzene rings is 1. The fourth-order valence-corrected chi connectivity index (χ4v) is 1.44. The number of phenols is 1. The van der Waals surface area contributed by atoms with E-state index in [-0.39, 0.29) is 24.3 Å². The lowest BCUT2D eigenvalue weighted by atomic mass is 9.98. The molecule has 0 aliphatic heterocycles. The second kappa shape index (κ2) is 5.06. The van der Waals surface area contributed by atoms with Crippen LogP contribution in [-0.4, -0.2) is 16.2 Å². The van der Waals surface area contributed by atoms with Crippen LogP contribution in [0.3, 0.4) is 0 Å². The molecule has 0 saturated heterocycles. The molecule has 0 bridgehead atoms. The molecule has 110 valence electrons. The molecule has 1 aromatic carbocycles. The van der Waals surface area contributed by atoms with Crippen molar-refractivity contribution in [3.8, 4) is 5.75 Å². The van der Waals surface area contributed by atoms with Crippen molar-refractivity contribution in [1.29, 1.82) is 0 Å². The molecule has 1 aromatic rings. The number of alkyl halides is 6. The SMILES string of the molecule is O=C(O)/C=C/c1c(C(F)(F)F)cc(O)cc1C(F)(F)F. The van der Waals surface area contributed by atoms with Crippen LogP contribution in [0.15, 0.2) is 18.2 Å². The molecule has 1 rings (SSSR count). The predicted octanol–water partition coefficient (Wildman–Crippen LogP) is 3.53. The van der Waals surface area contributed by atoms with Crippen LogP contribution in [0.5, 0.6) is 5.75 Å². The van der Waals surface area contributed by atoms with Crippen molar-refractivity contribution in [3.63, 3.8) is 0 Å².